The normalized spacial score (nSPS) is 29.3. The third kappa shape index (κ3) is 2.37. The minimum Gasteiger partial charge on any atom is -0.389 e. The molecule has 0 aromatic heterocycles. The van der Waals surface area contributed by atoms with Gasteiger partial charge in [-0.15, -0.1) is 0 Å². The summed E-state index contributed by atoms with van der Waals surface area (Å²) in [6.07, 6.45) is 3.51. The van der Waals surface area contributed by atoms with E-state index in [4.69, 9.17) is 0 Å². The zero-order valence-electron chi connectivity index (χ0n) is 11.9. The highest BCUT2D eigenvalue weighted by Crippen LogP contribution is 2.33. The standard InChI is InChI=1S/C16H24N2O/c1-12(19)15-5-3-4-6-16(15)18-10-9-13-7-8-14(11-18)17(13)2/h3-6,12-14,19H,7-11H2,1-2H3. The molecule has 19 heavy (non-hydrogen) atoms. The van der Waals surface area contributed by atoms with Crippen molar-refractivity contribution in [2.75, 3.05) is 25.0 Å². The number of para-hydroxylation sites is 1. The monoisotopic (exact) mass is 260 g/mol. The van der Waals surface area contributed by atoms with Gasteiger partial charge in [0.15, 0.2) is 0 Å². The Morgan fingerprint density at radius 1 is 1.16 bits per heavy atom. The predicted molar refractivity (Wildman–Crippen MR) is 78.5 cm³/mol. The summed E-state index contributed by atoms with van der Waals surface area (Å²) in [5, 5.41) is 9.95. The van der Waals surface area contributed by atoms with Crippen LogP contribution in [0.4, 0.5) is 5.69 Å². The van der Waals surface area contributed by atoms with Gasteiger partial charge in [-0.3, -0.25) is 4.90 Å². The van der Waals surface area contributed by atoms with Crippen molar-refractivity contribution in [3.8, 4) is 0 Å². The van der Waals surface area contributed by atoms with Gasteiger partial charge < -0.3 is 10.0 Å². The van der Waals surface area contributed by atoms with E-state index in [1.165, 1.54) is 24.9 Å². The van der Waals surface area contributed by atoms with E-state index in [1.54, 1.807) is 0 Å². The molecule has 2 aliphatic heterocycles. The molecule has 2 fully saturated rings. The fourth-order valence-electron chi connectivity index (χ4n) is 3.66. The number of aliphatic hydroxyl groups excluding tert-OH is 1. The van der Waals surface area contributed by atoms with E-state index in [2.05, 4.69) is 29.0 Å². The third-order valence-electron chi connectivity index (χ3n) is 4.88. The van der Waals surface area contributed by atoms with Crippen LogP contribution in [0.15, 0.2) is 24.3 Å². The fourth-order valence-corrected chi connectivity index (χ4v) is 3.66. The highest BCUT2D eigenvalue weighted by molar-refractivity contribution is 5.55. The quantitative estimate of drug-likeness (QED) is 0.884. The van der Waals surface area contributed by atoms with Crippen LogP contribution in [0.1, 0.15) is 37.9 Å². The number of benzene rings is 1. The summed E-state index contributed by atoms with van der Waals surface area (Å²) in [6.45, 7) is 4.06. The number of anilines is 1. The van der Waals surface area contributed by atoms with E-state index in [9.17, 15) is 5.11 Å². The van der Waals surface area contributed by atoms with Gasteiger partial charge in [-0.2, -0.15) is 0 Å². The zero-order chi connectivity index (χ0) is 13.4. The molecule has 0 aliphatic carbocycles. The summed E-state index contributed by atoms with van der Waals surface area (Å²) < 4.78 is 0. The SMILES string of the molecule is CC(O)c1ccccc1N1CCC2CCC(C1)N2C. The van der Waals surface area contributed by atoms with Gasteiger partial charge >= 0.3 is 0 Å². The van der Waals surface area contributed by atoms with E-state index in [1.807, 2.05) is 19.1 Å². The van der Waals surface area contributed by atoms with Crippen molar-refractivity contribution < 1.29 is 5.11 Å². The summed E-state index contributed by atoms with van der Waals surface area (Å²) in [7, 11) is 2.27. The van der Waals surface area contributed by atoms with Gasteiger partial charge in [0.25, 0.3) is 0 Å². The van der Waals surface area contributed by atoms with Crippen LogP contribution in [0.25, 0.3) is 0 Å². The Morgan fingerprint density at radius 2 is 1.89 bits per heavy atom. The smallest absolute Gasteiger partial charge is 0.0781 e. The number of hydrogen-bond donors (Lipinski definition) is 1. The van der Waals surface area contributed by atoms with Crippen LogP contribution >= 0.6 is 0 Å². The Morgan fingerprint density at radius 3 is 2.68 bits per heavy atom. The highest BCUT2D eigenvalue weighted by Gasteiger charge is 2.35. The molecule has 0 saturated carbocycles. The maximum atomic E-state index is 9.95. The number of fused-ring (bicyclic) bond motifs is 2. The van der Waals surface area contributed by atoms with Crippen LogP contribution in [0, 0.1) is 0 Å². The minimum atomic E-state index is -0.394. The van der Waals surface area contributed by atoms with Crippen molar-refractivity contribution in [2.45, 2.75) is 44.4 Å². The summed E-state index contributed by atoms with van der Waals surface area (Å²) in [5.41, 5.74) is 2.28. The lowest BCUT2D eigenvalue weighted by molar-refractivity contribution is 0.199. The number of nitrogens with zero attached hydrogens (tertiary/aromatic N) is 2. The summed E-state index contributed by atoms with van der Waals surface area (Å²) in [6, 6.07) is 9.73. The van der Waals surface area contributed by atoms with Crippen molar-refractivity contribution in [2.24, 2.45) is 0 Å². The van der Waals surface area contributed by atoms with Gasteiger partial charge in [0.05, 0.1) is 6.10 Å². The molecule has 3 atom stereocenters. The molecule has 2 heterocycles. The van der Waals surface area contributed by atoms with Gasteiger partial charge in [-0.05, 0) is 39.3 Å². The molecule has 2 saturated heterocycles. The Bertz CT molecular complexity index is 446. The molecule has 0 radical (unpaired) electrons. The van der Waals surface area contributed by atoms with E-state index in [0.29, 0.717) is 6.04 Å². The molecule has 0 amide bonds. The lowest BCUT2D eigenvalue weighted by atomic mass is 10.0. The lowest BCUT2D eigenvalue weighted by Gasteiger charge is -2.30. The van der Waals surface area contributed by atoms with Crippen LogP contribution < -0.4 is 4.90 Å². The number of rotatable bonds is 2. The Labute approximate surface area is 115 Å². The van der Waals surface area contributed by atoms with Crippen molar-refractivity contribution in [1.82, 2.24) is 4.90 Å². The summed E-state index contributed by atoms with van der Waals surface area (Å²) in [4.78, 5) is 5.04. The molecule has 3 nitrogen and oxygen atoms in total. The number of aliphatic hydroxyl groups is 1. The van der Waals surface area contributed by atoms with Gasteiger partial charge in [-0.1, -0.05) is 18.2 Å². The average Bonchev–Trinajstić information content (AvgIpc) is 2.63. The maximum absolute atomic E-state index is 9.95. The molecule has 3 unspecified atom stereocenters. The molecular weight excluding hydrogens is 236 g/mol. The van der Waals surface area contributed by atoms with Crippen molar-refractivity contribution in [1.29, 1.82) is 0 Å². The second-order valence-corrected chi connectivity index (χ2v) is 6.02. The first-order chi connectivity index (χ1) is 9.16. The van der Waals surface area contributed by atoms with Crippen LogP contribution in [0.2, 0.25) is 0 Å². The molecule has 2 bridgehead atoms. The van der Waals surface area contributed by atoms with Gasteiger partial charge in [-0.25, -0.2) is 0 Å². The van der Waals surface area contributed by atoms with Gasteiger partial charge in [0.1, 0.15) is 0 Å². The van der Waals surface area contributed by atoms with E-state index in [0.717, 1.165) is 24.7 Å². The second-order valence-electron chi connectivity index (χ2n) is 6.02. The molecule has 1 aromatic rings. The van der Waals surface area contributed by atoms with Crippen LogP contribution in [0.5, 0.6) is 0 Å². The summed E-state index contributed by atoms with van der Waals surface area (Å²) in [5.74, 6) is 0. The van der Waals surface area contributed by atoms with Crippen LogP contribution in [0.3, 0.4) is 0 Å². The maximum Gasteiger partial charge on any atom is 0.0781 e. The Kier molecular flexibility index (Phi) is 3.50. The third-order valence-corrected chi connectivity index (χ3v) is 4.88. The van der Waals surface area contributed by atoms with Crippen molar-refractivity contribution >= 4 is 5.69 Å². The molecule has 1 N–H and O–H groups in total. The molecule has 3 heteroatoms. The molecule has 1 aromatic carbocycles. The van der Waals surface area contributed by atoms with Gasteiger partial charge in [0, 0.05) is 36.4 Å². The zero-order valence-corrected chi connectivity index (χ0v) is 11.9. The molecule has 104 valence electrons. The first-order valence-corrected chi connectivity index (χ1v) is 7.40. The van der Waals surface area contributed by atoms with E-state index >= 15 is 0 Å². The van der Waals surface area contributed by atoms with E-state index < -0.39 is 6.10 Å². The Hall–Kier alpha value is -1.06. The summed E-state index contributed by atoms with van der Waals surface area (Å²) >= 11 is 0. The second kappa shape index (κ2) is 5.14. The minimum absolute atomic E-state index is 0.394. The molecule has 2 aliphatic rings. The predicted octanol–water partition coefficient (Wildman–Crippen LogP) is 2.41. The lowest BCUT2D eigenvalue weighted by Crippen LogP contribution is -2.37. The first kappa shape index (κ1) is 12.9. The van der Waals surface area contributed by atoms with E-state index in [-0.39, 0.29) is 0 Å². The first-order valence-electron chi connectivity index (χ1n) is 7.40. The number of hydrogen-bond acceptors (Lipinski definition) is 3. The Balaban J connectivity index is 1.87. The molecular formula is C16H24N2O. The largest absolute Gasteiger partial charge is 0.389 e. The van der Waals surface area contributed by atoms with Crippen LogP contribution in [-0.4, -0.2) is 42.2 Å². The molecule has 0 spiro atoms. The van der Waals surface area contributed by atoms with Crippen LogP contribution in [-0.2, 0) is 0 Å². The molecule has 3 rings (SSSR count). The fraction of sp³-hybridized carbons (Fsp3) is 0.625. The topological polar surface area (TPSA) is 26.7 Å². The van der Waals surface area contributed by atoms with Crippen molar-refractivity contribution in [3.63, 3.8) is 0 Å². The van der Waals surface area contributed by atoms with Gasteiger partial charge in [0.2, 0.25) is 0 Å². The van der Waals surface area contributed by atoms with Crippen molar-refractivity contribution in [3.05, 3.63) is 29.8 Å². The highest BCUT2D eigenvalue weighted by atomic mass is 16.3. The number of likely N-dealkylation sites (N-methyl/N-ethyl adjacent to an activating group) is 1. The average molecular weight is 260 g/mol.